The molecule has 2 amide bonds. The molecule has 2 atom stereocenters. The summed E-state index contributed by atoms with van der Waals surface area (Å²) in [4.78, 5) is 42.5. The molecule has 0 bridgehead atoms. The summed E-state index contributed by atoms with van der Waals surface area (Å²) in [5, 5.41) is 3.68. The molecule has 0 radical (unpaired) electrons. The van der Waals surface area contributed by atoms with Crippen LogP contribution in [-0.2, 0) is 15.7 Å². The number of nitrogens with zero attached hydrogens (tertiary/aromatic N) is 5. The summed E-state index contributed by atoms with van der Waals surface area (Å²) in [5.74, 6) is 1.46. The van der Waals surface area contributed by atoms with Crippen molar-refractivity contribution in [3.63, 3.8) is 0 Å². The molecule has 15 heteroatoms. The number of hydrogen-bond donors (Lipinski definition) is 2. The van der Waals surface area contributed by atoms with E-state index in [-0.39, 0.29) is 38.2 Å². The number of nitrogens with two attached hydrogens (primary N) is 1. The fraction of sp³-hybridized carbons (Fsp3) is 0.391. The van der Waals surface area contributed by atoms with Crippen molar-refractivity contribution in [2.75, 3.05) is 25.5 Å². The summed E-state index contributed by atoms with van der Waals surface area (Å²) in [6.07, 6.45) is -3.38. The monoisotopic (exact) mass is 599 g/mol. The first kappa shape index (κ1) is 27.3. The summed E-state index contributed by atoms with van der Waals surface area (Å²) < 4.78 is 50.2. The van der Waals surface area contributed by atoms with Gasteiger partial charge in [-0.25, -0.2) is 4.98 Å². The van der Waals surface area contributed by atoms with Gasteiger partial charge < -0.3 is 4.74 Å². The normalized spacial score (nSPS) is 16.3. The third-order valence-electron chi connectivity index (χ3n) is 5.82. The Morgan fingerprint density at radius 2 is 2.08 bits per heavy atom. The second-order valence-corrected chi connectivity index (χ2v) is 10.3. The zero-order valence-electron chi connectivity index (χ0n) is 20.4. The summed E-state index contributed by atoms with van der Waals surface area (Å²) in [6.45, 7) is 0.766. The van der Waals surface area contributed by atoms with E-state index in [0.29, 0.717) is 41.7 Å². The number of nitrogens with one attached hydrogen (secondary N) is 1. The molecular weight excluding hydrogens is 574 g/mol. The molecule has 3 N–H and O–H groups in total. The van der Waals surface area contributed by atoms with Crippen LogP contribution in [0.4, 0.5) is 23.8 Å². The molecule has 202 valence electrons. The van der Waals surface area contributed by atoms with E-state index in [2.05, 4.69) is 25.3 Å². The van der Waals surface area contributed by atoms with Crippen molar-refractivity contribution in [3.05, 3.63) is 36.3 Å². The van der Waals surface area contributed by atoms with Crippen LogP contribution in [0.15, 0.2) is 30.7 Å². The SMILES string of the molecule is COc1ncc(-c2ccc3ncnc(N[C@H]4CCN(C(=O)[C@H](C[Se]C)OC(N)=O)C4)c3n2)cc1C(F)(F)F. The zero-order chi connectivity index (χ0) is 27.4. The van der Waals surface area contributed by atoms with Gasteiger partial charge in [-0.15, -0.1) is 0 Å². The average molecular weight is 598 g/mol. The molecule has 0 aromatic carbocycles. The Kier molecular flexibility index (Phi) is 8.17. The number of ether oxygens (including phenoxy) is 2. The Bertz CT molecular complexity index is 1340. The maximum atomic E-state index is 13.5. The van der Waals surface area contributed by atoms with Gasteiger partial charge in [0.1, 0.15) is 5.56 Å². The molecule has 1 saturated heterocycles. The molecule has 4 rings (SSSR count). The molecule has 1 aliphatic rings. The number of halogens is 3. The minimum Gasteiger partial charge on any atom is -0.166 e. The van der Waals surface area contributed by atoms with Crippen LogP contribution in [-0.4, -0.2) is 84.1 Å². The largest absolute Gasteiger partial charge is 0.421 e. The molecule has 1 aliphatic heterocycles. The predicted octanol–water partition coefficient (Wildman–Crippen LogP) is 2.76. The molecule has 0 aliphatic carbocycles. The van der Waals surface area contributed by atoms with E-state index in [1.165, 1.54) is 12.5 Å². The summed E-state index contributed by atoms with van der Waals surface area (Å²) in [5.41, 5.74) is 5.32. The number of amides is 2. The third-order valence-corrected chi connectivity index (χ3v) is 7.15. The van der Waals surface area contributed by atoms with Crippen molar-refractivity contribution >= 4 is 43.8 Å². The quantitative estimate of drug-likeness (QED) is 0.374. The van der Waals surface area contributed by atoms with Gasteiger partial charge in [0.25, 0.3) is 0 Å². The van der Waals surface area contributed by atoms with E-state index in [0.717, 1.165) is 13.2 Å². The number of carbonyl (C=O) groups excluding carboxylic acids is 2. The van der Waals surface area contributed by atoms with Gasteiger partial charge in [0.05, 0.1) is 7.11 Å². The zero-order valence-corrected chi connectivity index (χ0v) is 22.1. The van der Waals surface area contributed by atoms with Crippen LogP contribution in [0.2, 0.25) is 11.1 Å². The van der Waals surface area contributed by atoms with Crippen LogP contribution in [0.25, 0.3) is 22.3 Å². The smallest absolute Gasteiger partial charge is 0.166 e. The van der Waals surface area contributed by atoms with Crippen molar-refractivity contribution in [1.82, 2.24) is 24.8 Å². The molecule has 4 heterocycles. The Hall–Kier alpha value is -3.71. The number of rotatable bonds is 8. The molecule has 0 unspecified atom stereocenters. The van der Waals surface area contributed by atoms with Crippen LogP contribution >= 0.6 is 0 Å². The number of aromatic nitrogens is 4. The van der Waals surface area contributed by atoms with E-state index in [9.17, 15) is 22.8 Å². The molecule has 3 aromatic heterocycles. The molecule has 3 aromatic rings. The van der Waals surface area contributed by atoms with E-state index in [1.807, 2.05) is 5.82 Å². The second-order valence-electron chi connectivity index (χ2n) is 8.36. The summed E-state index contributed by atoms with van der Waals surface area (Å²) in [6, 6.07) is 3.92. The fourth-order valence-electron chi connectivity index (χ4n) is 4.09. The van der Waals surface area contributed by atoms with Gasteiger partial charge >= 0.3 is 168 Å². The van der Waals surface area contributed by atoms with Gasteiger partial charge in [0.2, 0.25) is 5.88 Å². The van der Waals surface area contributed by atoms with Crippen LogP contribution in [0.3, 0.4) is 0 Å². The molecule has 0 saturated carbocycles. The molecular formula is C23H24F3N7O4Se. The maximum Gasteiger partial charge on any atom is 0.421 e. The predicted molar refractivity (Wildman–Crippen MR) is 132 cm³/mol. The first-order valence-corrected chi connectivity index (χ1v) is 14.3. The van der Waals surface area contributed by atoms with E-state index in [1.54, 1.807) is 17.0 Å². The fourth-order valence-corrected chi connectivity index (χ4v) is 5.16. The second kappa shape index (κ2) is 11.4. The Morgan fingerprint density at radius 3 is 2.76 bits per heavy atom. The summed E-state index contributed by atoms with van der Waals surface area (Å²) >= 11 is 0.0939. The van der Waals surface area contributed by atoms with Crippen molar-refractivity contribution in [3.8, 4) is 17.1 Å². The van der Waals surface area contributed by atoms with Gasteiger partial charge in [-0.3, -0.25) is 0 Å². The van der Waals surface area contributed by atoms with E-state index < -0.39 is 29.8 Å². The number of hydrogen-bond acceptors (Lipinski definition) is 9. The number of methoxy groups -OCH3 is 1. The van der Waals surface area contributed by atoms with Crippen molar-refractivity contribution in [2.24, 2.45) is 5.73 Å². The minimum absolute atomic E-state index is 0.0939. The van der Waals surface area contributed by atoms with Crippen molar-refractivity contribution in [2.45, 2.75) is 35.9 Å². The minimum atomic E-state index is -4.66. The van der Waals surface area contributed by atoms with E-state index >= 15 is 0 Å². The number of fused-ring (bicyclic) bond motifs is 1. The van der Waals surface area contributed by atoms with Crippen LogP contribution < -0.4 is 15.8 Å². The number of likely N-dealkylation sites (tertiary alicyclic amines) is 1. The topological polar surface area (TPSA) is 145 Å². The molecule has 1 fully saturated rings. The van der Waals surface area contributed by atoms with Gasteiger partial charge in [0, 0.05) is 6.20 Å². The van der Waals surface area contributed by atoms with Gasteiger partial charge in [0.15, 0.2) is 0 Å². The van der Waals surface area contributed by atoms with E-state index in [4.69, 9.17) is 15.2 Å². The van der Waals surface area contributed by atoms with Gasteiger partial charge in [-0.1, -0.05) is 0 Å². The maximum absolute atomic E-state index is 13.5. The first-order valence-electron chi connectivity index (χ1n) is 11.3. The van der Waals surface area contributed by atoms with Crippen LogP contribution in [0.1, 0.15) is 12.0 Å². The standard InChI is InChI=1S/C23H24F3N7O4Se/c1-36-20-14(23(24,25)26)7-12(8-28-20)15-3-4-16-18(32-15)19(30-11-29-16)31-13-5-6-33(9-13)21(34)17(10-38-2)37-22(27)35/h3-4,7-8,11,13,17H,5-6,9-10H2,1-2H3,(H2,27,35)(H,29,30,31)/t13-,17-/m0/s1. The van der Waals surface area contributed by atoms with Crippen molar-refractivity contribution in [1.29, 1.82) is 0 Å². The molecule has 0 spiro atoms. The molecule has 38 heavy (non-hydrogen) atoms. The van der Waals surface area contributed by atoms with Crippen molar-refractivity contribution < 1.29 is 32.2 Å². The Labute approximate surface area is 221 Å². The van der Waals surface area contributed by atoms with Crippen LogP contribution in [0, 0.1) is 0 Å². The third kappa shape index (κ3) is 6.05. The Morgan fingerprint density at radius 1 is 1.29 bits per heavy atom. The van der Waals surface area contributed by atoms with Crippen LogP contribution in [0.5, 0.6) is 5.88 Å². The average Bonchev–Trinajstić information content (AvgIpc) is 3.35. The number of pyridine rings is 2. The first-order chi connectivity index (χ1) is 18.1. The van der Waals surface area contributed by atoms with Gasteiger partial charge in [-0.05, 0) is 6.07 Å². The number of carbonyl (C=O) groups is 2. The van der Waals surface area contributed by atoms with Gasteiger partial charge in [-0.2, -0.15) is 13.2 Å². The number of anilines is 1. The number of alkyl halides is 3. The Balaban J connectivity index is 1.57. The summed E-state index contributed by atoms with van der Waals surface area (Å²) in [7, 11) is 1.12. The molecule has 11 nitrogen and oxygen atoms in total. The number of primary amides is 1.